The van der Waals surface area contributed by atoms with Gasteiger partial charge in [-0.25, -0.2) is 0 Å². The van der Waals surface area contributed by atoms with Gasteiger partial charge in [-0.05, 0) is 29.7 Å². The number of amides is 2. The fraction of sp³-hybridized carbons (Fsp3) is 0.444. The summed E-state index contributed by atoms with van der Waals surface area (Å²) in [6, 6.07) is 13.7. The highest BCUT2D eigenvalue weighted by atomic mass is 16.5. The Morgan fingerprint density at radius 2 is 1.76 bits per heavy atom. The number of carbonyl (C=O) groups is 2. The normalized spacial score (nSPS) is 21.3. The fourth-order valence-electron chi connectivity index (χ4n) is 5.43. The molecule has 2 aromatic carbocycles. The van der Waals surface area contributed by atoms with Crippen LogP contribution >= 0.6 is 0 Å². The minimum atomic E-state index is -0.853. The predicted molar refractivity (Wildman–Crippen MR) is 140 cm³/mol. The third kappa shape index (κ3) is 5.04. The van der Waals surface area contributed by atoms with E-state index in [1.165, 1.54) is 5.56 Å². The molecule has 3 aliphatic rings. The van der Waals surface area contributed by atoms with Crippen LogP contribution in [0.15, 0.2) is 47.3 Å². The number of imide groups is 1. The van der Waals surface area contributed by atoms with Crippen molar-refractivity contribution in [2.45, 2.75) is 38.0 Å². The van der Waals surface area contributed by atoms with Crippen LogP contribution in [-0.4, -0.2) is 82.0 Å². The first-order valence-corrected chi connectivity index (χ1v) is 13.1. The summed E-state index contributed by atoms with van der Waals surface area (Å²) in [5, 5.41) is 14.2. The maximum absolute atomic E-state index is 13.3. The quantitative estimate of drug-likeness (QED) is 0.440. The Balaban J connectivity index is 1.10. The third-order valence-corrected chi connectivity index (χ3v) is 7.63. The van der Waals surface area contributed by atoms with Crippen molar-refractivity contribution in [1.82, 2.24) is 30.1 Å². The molecule has 3 aliphatic heterocycles. The SMILES string of the molecule is O=C1CCC(n2nnc3cccc(NCc4ccc(CN5CC(N6CCOCC6)C5)cc4)c3c2=O)C(=O)N1. The minimum absolute atomic E-state index is 0.157. The number of carbonyl (C=O) groups excluding carboxylic acids is 2. The van der Waals surface area contributed by atoms with E-state index in [9.17, 15) is 14.4 Å². The molecule has 0 spiro atoms. The highest BCUT2D eigenvalue weighted by Gasteiger charge is 2.32. The van der Waals surface area contributed by atoms with Gasteiger partial charge < -0.3 is 10.1 Å². The van der Waals surface area contributed by atoms with Crippen molar-refractivity contribution < 1.29 is 14.3 Å². The molecule has 0 radical (unpaired) electrons. The number of nitrogens with one attached hydrogen (secondary N) is 2. The molecule has 4 heterocycles. The Kier molecular flexibility index (Phi) is 6.88. The zero-order valence-electron chi connectivity index (χ0n) is 21.1. The smallest absolute Gasteiger partial charge is 0.280 e. The Morgan fingerprint density at radius 1 is 1.00 bits per heavy atom. The topological polar surface area (TPSA) is 122 Å². The number of nitrogens with zero attached hydrogens (tertiary/aromatic N) is 5. The molecule has 3 fully saturated rings. The Labute approximate surface area is 219 Å². The van der Waals surface area contributed by atoms with Crippen molar-refractivity contribution in [3.05, 3.63) is 63.9 Å². The summed E-state index contributed by atoms with van der Waals surface area (Å²) in [5.74, 6) is -0.874. The lowest BCUT2D eigenvalue weighted by Gasteiger charge is -2.46. The monoisotopic (exact) mass is 517 g/mol. The van der Waals surface area contributed by atoms with Gasteiger partial charge in [-0.15, -0.1) is 5.10 Å². The number of piperidine rings is 1. The maximum atomic E-state index is 13.3. The molecule has 3 saturated heterocycles. The summed E-state index contributed by atoms with van der Waals surface area (Å²) >= 11 is 0. The van der Waals surface area contributed by atoms with E-state index in [1.54, 1.807) is 6.07 Å². The molecule has 198 valence electrons. The molecule has 11 heteroatoms. The van der Waals surface area contributed by atoms with Crippen LogP contribution in [0.25, 0.3) is 10.9 Å². The molecule has 1 atom stereocenters. The first kappa shape index (κ1) is 24.7. The van der Waals surface area contributed by atoms with Crippen molar-refractivity contribution in [3.8, 4) is 0 Å². The Morgan fingerprint density at radius 3 is 2.53 bits per heavy atom. The summed E-state index contributed by atoms with van der Waals surface area (Å²) in [5.41, 5.74) is 3.04. The summed E-state index contributed by atoms with van der Waals surface area (Å²) in [6.45, 7) is 7.43. The van der Waals surface area contributed by atoms with Gasteiger partial charge in [0.25, 0.3) is 11.5 Å². The van der Waals surface area contributed by atoms with Gasteiger partial charge in [0.1, 0.15) is 11.6 Å². The van der Waals surface area contributed by atoms with Crippen LogP contribution < -0.4 is 16.2 Å². The van der Waals surface area contributed by atoms with Gasteiger partial charge in [-0.2, -0.15) is 4.68 Å². The van der Waals surface area contributed by atoms with E-state index in [4.69, 9.17) is 4.74 Å². The van der Waals surface area contributed by atoms with Crippen LogP contribution in [0.4, 0.5) is 5.69 Å². The number of hydrogen-bond donors (Lipinski definition) is 2. The molecular formula is C27H31N7O4. The molecule has 1 aromatic heterocycles. The average molecular weight is 518 g/mol. The Bertz CT molecular complexity index is 1390. The van der Waals surface area contributed by atoms with Crippen molar-refractivity contribution in [2.24, 2.45) is 0 Å². The lowest BCUT2D eigenvalue weighted by Crippen LogP contribution is -2.60. The van der Waals surface area contributed by atoms with Crippen LogP contribution in [0.3, 0.4) is 0 Å². The van der Waals surface area contributed by atoms with Gasteiger partial charge in [0.05, 0.1) is 18.6 Å². The summed E-state index contributed by atoms with van der Waals surface area (Å²) in [4.78, 5) is 42.2. The predicted octanol–water partition coefficient (Wildman–Crippen LogP) is 0.898. The number of fused-ring (bicyclic) bond motifs is 1. The van der Waals surface area contributed by atoms with Gasteiger partial charge in [0, 0.05) is 57.4 Å². The Hall–Kier alpha value is -3.67. The standard InChI is InChI=1S/C27H31N7O4/c35-24-9-8-23(26(36)29-24)34-27(37)25-21(2-1-3-22(25)30-31-34)28-14-18-4-6-19(7-5-18)15-32-16-20(17-32)33-10-12-38-13-11-33/h1-7,20,23,28H,8-17H2,(H,29,35,36). The number of aromatic nitrogens is 3. The van der Waals surface area contributed by atoms with Gasteiger partial charge in [0.2, 0.25) is 5.91 Å². The molecule has 38 heavy (non-hydrogen) atoms. The first-order valence-electron chi connectivity index (χ1n) is 13.1. The highest BCUT2D eigenvalue weighted by Crippen LogP contribution is 2.22. The van der Waals surface area contributed by atoms with Crippen molar-refractivity contribution >= 4 is 28.4 Å². The largest absolute Gasteiger partial charge is 0.380 e. The van der Waals surface area contributed by atoms with Crippen molar-refractivity contribution in [1.29, 1.82) is 0 Å². The maximum Gasteiger partial charge on any atom is 0.280 e. The molecule has 6 rings (SSSR count). The number of hydrogen-bond acceptors (Lipinski definition) is 9. The van der Waals surface area contributed by atoms with E-state index in [2.05, 4.69) is 55.0 Å². The van der Waals surface area contributed by atoms with Crippen LogP contribution in [0, 0.1) is 0 Å². The van der Waals surface area contributed by atoms with Gasteiger partial charge in [0.15, 0.2) is 0 Å². The molecule has 2 N–H and O–H groups in total. The van der Waals surface area contributed by atoms with E-state index in [-0.39, 0.29) is 18.7 Å². The van der Waals surface area contributed by atoms with Crippen LogP contribution in [-0.2, 0) is 27.4 Å². The van der Waals surface area contributed by atoms with Crippen molar-refractivity contribution in [3.63, 3.8) is 0 Å². The first-order chi connectivity index (χ1) is 18.5. The molecule has 2 amide bonds. The third-order valence-electron chi connectivity index (χ3n) is 7.63. The molecule has 3 aromatic rings. The van der Waals surface area contributed by atoms with E-state index < -0.39 is 17.5 Å². The zero-order valence-corrected chi connectivity index (χ0v) is 21.1. The van der Waals surface area contributed by atoms with Crippen LogP contribution in [0.5, 0.6) is 0 Å². The number of rotatable bonds is 7. The highest BCUT2D eigenvalue weighted by molar-refractivity contribution is 5.99. The van der Waals surface area contributed by atoms with Crippen LogP contribution in [0.1, 0.15) is 30.0 Å². The number of benzene rings is 2. The average Bonchev–Trinajstić information content (AvgIpc) is 2.91. The van der Waals surface area contributed by atoms with E-state index >= 15 is 0 Å². The second kappa shape index (κ2) is 10.6. The summed E-state index contributed by atoms with van der Waals surface area (Å²) in [6.07, 6.45) is 0.378. The van der Waals surface area contributed by atoms with Crippen molar-refractivity contribution in [2.75, 3.05) is 44.7 Å². The van der Waals surface area contributed by atoms with E-state index in [0.29, 0.717) is 29.2 Å². The molecule has 0 bridgehead atoms. The molecule has 1 unspecified atom stereocenters. The summed E-state index contributed by atoms with van der Waals surface area (Å²) in [7, 11) is 0. The second-order valence-corrected chi connectivity index (χ2v) is 10.2. The number of ether oxygens (including phenoxy) is 1. The molecule has 11 nitrogen and oxygen atoms in total. The summed E-state index contributed by atoms with van der Waals surface area (Å²) < 4.78 is 6.54. The zero-order chi connectivity index (χ0) is 26.1. The second-order valence-electron chi connectivity index (χ2n) is 10.2. The van der Waals surface area contributed by atoms with Gasteiger partial charge in [-0.3, -0.25) is 29.5 Å². The minimum Gasteiger partial charge on any atom is -0.380 e. The number of morpholine rings is 1. The molecule has 0 saturated carbocycles. The number of likely N-dealkylation sites (tertiary alicyclic amines) is 1. The van der Waals surface area contributed by atoms with E-state index in [1.807, 2.05) is 12.1 Å². The number of anilines is 1. The van der Waals surface area contributed by atoms with E-state index in [0.717, 1.165) is 56.2 Å². The molecular weight excluding hydrogens is 486 g/mol. The van der Waals surface area contributed by atoms with Gasteiger partial charge in [-0.1, -0.05) is 35.5 Å². The van der Waals surface area contributed by atoms with Crippen LogP contribution in [0.2, 0.25) is 0 Å². The molecule has 0 aliphatic carbocycles. The fourth-order valence-corrected chi connectivity index (χ4v) is 5.43. The lowest BCUT2D eigenvalue weighted by molar-refractivity contribution is -0.136. The lowest BCUT2D eigenvalue weighted by atomic mass is 10.0. The van der Waals surface area contributed by atoms with Gasteiger partial charge >= 0.3 is 0 Å².